The van der Waals surface area contributed by atoms with Crippen LogP contribution in [0.15, 0.2) is 24.3 Å². The molecule has 0 saturated carbocycles. The van der Waals surface area contributed by atoms with Gasteiger partial charge in [0.15, 0.2) is 0 Å². The average molecular weight is 242 g/mol. The summed E-state index contributed by atoms with van der Waals surface area (Å²) in [5.41, 5.74) is 1.30. The third kappa shape index (κ3) is 4.97. The fourth-order valence-corrected chi connectivity index (χ4v) is 1.94. The first-order chi connectivity index (χ1) is 7.61. The topological polar surface area (TPSA) is 21.3 Å². The van der Waals surface area contributed by atoms with Crippen molar-refractivity contribution in [1.82, 2.24) is 5.32 Å². The Bertz CT molecular complexity index is 299. The van der Waals surface area contributed by atoms with Gasteiger partial charge in [0.05, 0.1) is 6.61 Å². The maximum atomic E-state index is 5.84. The van der Waals surface area contributed by atoms with Crippen molar-refractivity contribution in [3.8, 4) is 0 Å². The van der Waals surface area contributed by atoms with E-state index in [9.17, 15) is 0 Å². The first kappa shape index (κ1) is 13.5. The van der Waals surface area contributed by atoms with E-state index in [1.165, 1.54) is 5.56 Å². The van der Waals surface area contributed by atoms with Gasteiger partial charge >= 0.3 is 0 Å². The van der Waals surface area contributed by atoms with Crippen molar-refractivity contribution in [3.05, 3.63) is 34.9 Å². The van der Waals surface area contributed by atoms with Crippen molar-refractivity contribution in [2.24, 2.45) is 0 Å². The van der Waals surface area contributed by atoms with Crippen LogP contribution in [0.2, 0.25) is 5.02 Å². The lowest BCUT2D eigenvalue weighted by Gasteiger charge is -2.19. The second-order valence-corrected chi connectivity index (χ2v) is 4.69. The van der Waals surface area contributed by atoms with Crippen LogP contribution in [0.4, 0.5) is 0 Å². The lowest BCUT2D eigenvalue weighted by Crippen LogP contribution is -2.38. The van der Waals surface area contributed by atoms with Crippen LogP contribution < -0.4 is 5.32 Å². The molecule has 0 bridgehead atoms. The van der Waals surface area contributed by atoms with Gasteiger partial charge in [0.25, 0.3) is 0 Å². The number of hydrogen-bond acceptors (Lipinski definition) is 2. The molecule has 0 saturated heterocycles. The lowest BCUT2D eigenvalue weighted by atomic mass is 10.1. The first-order valence-electron chi connectivity index (χ1n) is 5.61. The Morgan fingerprint density at radius 2 is 1.81 bits per heavy atom. The molecule has 3 heteroatoms. The SMILES string of the molecule is COCC(C)NC(C)Cc1ccc(Cl)cc1. The van der Waals surface area contributed by atoms with Gasteiger partial charge in [-0.1, -0.05) is 23.7 Å². The highest BCUT2D eigenvalue weighted by Gasteiger charge is 2.07. The van der Waals surface area contributed by atoms with E-state index in [0.29, 0.717) is 12.1 Å². The third-order valence-electron chi connectivity index (χ3n) is 2.44. The summed E-state index contributed by atoms with van der Waals surface area (Å²) in [6.45, 7) is 5.05. The van der Waals surface area contributed by atoms with E-state index in [4.69, 9.17) is 16.3 Å². The molecular formula is C13H20ClNO. The normalized spacial score (nSPS) is 14.8. The molecular weight excluding hydrogens is 222 g/mol. The third-order valence-corrected chi connectivity index (χ3v) is 2.69. The number of rotatable bonds is 6. The summed E-state index contributed by atoms with van der Waals surface area (Å²) < 4.78 is 5.09. The van der Waals surface area contributed by atoms with E-state index in [0.717, 1.165) is 18.1 Å². The minimum absolute atomic E-state index is 0.382. The van der Waals surface area contributed by atoms with Crippen LogP contribution >= 0.6 is 11.6 Å². The zero-order valence-electron chi connectivity index (χ0n) is 10.2. The fraction of sp³-hybridized carbons (Fsp3) is 0.538. The summed E-state index contributed by atoms with van der Waals surface area (Å²) in [7, 11) is 1.72. The van der Waals surface area contributed by atoms with Crippen LogP contribution in [0.1, 0.15) is 19.4 Å². The molecule has 0 aliphatic rings. The van der Waals surface area contributed by atoms with Crippen LogP contribution in [0.25, 0.3) is 0 Å². The van der Waals surface area contributed by atoms with E-state index in [1.54, 1.807) is 7.11 Å². The Balaban J connectivity index is 2.39. The van der Waals surface area contributed by atoms with Crippen LogP contribution in [-0.4, -0.2) is 25.8 Å². The van der Waals surface area contributed by atoms with Gasteiger partial charge in [0, 0.05) is 24.2 Å². The minimum atomic E-state index is 0.382. The number of hydrogen-bond donors (Lipinski definition) is 1. The second kappa shape index (κ2) is 6.89. The molecule has 1 N–H and O–H groups in total. The molecule has 1 rings (SSSR count). The summed E-state index contributed by atoms with van der Waals surface area (Å²) in [4.78, 5) is 0. The number of halogens is 1. The highest BCUT2D eigenvalue weighted by molar-refractivity contribution is 6.30. The van der Waals surface area contributed by atoms with Gasteiger partial charge in [0.1, 0.15) is 0 Å². The molecule has 1 aromatic carbocycles. The molecule has 0 fully saturated rings. The smallest absolute Gasteiger partial charge is 0.0613 e. The second-order valence-electron chi connectivity index (χ2n) is 4.25. The van der Waals surface area contributed by atoms with Gasteiger partial charge in [-0.25, -0.2) is 0 Å². The number of methoxy groups -OCH3 is 1. The highest BCUT2D eigenvalue weighted by atomic mass is 35.5. The molecule has 0 amide bonds. The van der Waals surface area contributed by atoms with E-state index in [2.05, 4.69) is 31.3 Å². The van der Waals surface area contributed by atoms with E-state index in [1.807, 2.05) is 12.1 Å². The standard InChI is InChI=1S/C13H20ClNO/c1-10(15-11(2)9-16-3)8-12-4-6-13(14)7-5-12/h4-7,10-11,15H,8-9H2,1-3H3. The molecule has 90 valence electrons. The molecule has 0 aliphatic carbocycles. The van der Waals surface area contributed by atoms with Crippen LogP contribution in [0.5, 0.6) is 0 Å². The molecule has 0 aliphatic heterocycles. The van der Waals surface area contributed by atoms with Gasteiger partial charge in [-0.2, -0.15) is 0 Å². The van der Waals surface area contributed by atoms with Crippen molar-refractivity contribution >= 4 is 11.6 Å². The van der Waals surface area contributed by atoms with Crippen molar-refractivity contribution in [2.45, 2.75) is 32.4 Å². The molecule has 1 aromatic rings. The maximum Gasteiger partial charge on any atom is 0.0613 e. The van der Waals surface area contributed by atoms with Crippen LogP contribution in [0.3, 0.4) is 0 Å². The molecule has 16 heavy (non-hydrogen) atoms. The van der Waals surface area contributed by atoms with Crippen molar-refractivity contribution < 1.29 is 4.74 Å². The summed E-state index contributed by atoms with van der Waals surface area (Å²) in [5.74, 6) is 0. The predicted octanol–water partition coefficient (Wildman–Crippen LogP) is 2.90. The molecule has 2 unspecified atom stereocenters. The summed E-state index contributed by atoms with van der Waals surface area (Å²) in [6, 6.07) is 8.83. The highest BCUT2D eigenvalue weighted by Crippen LogP contribution is 2.11. The predicted molar refractivity (Wildman–Crippen MR) is 69.1 cm³/mol. The fourth-order valence-electron chi connectivity index (χ4n) is 1.82. The van der Waals surface area contributed by atoms with Crippen LogP contribution in [0, 0.1) is 0 Å². The molecule has 0 heterocycles. The quantitative estimate of drug-likeness (QED) is 0.827. The summed E-state index contributed by atoms with van der Waals surface area (Å²) in [5, 5.41) is 4.27. The Labute approximate surface area is 103 Å². The Kier molecular flexibility index (Phi) is 5.81. The van der Waals surface area contributed by atoms with E-state index in [-0.39, 0.29) is 0 Å². The first-order valence-corrected chi connectivity index (χ1v) is 5.99. The van der Waals surface area contributed by atoms with Gasteiger partial charge in [0.2, 0.25) is 0 Å². The van der Waals surface area contributed by atoms with Gasteiger partial charge in [-0.05, 0) is 38.0 Å². The van der Waals surface area contributed by atoms with E-state index >= 15 is 0 Å². The Hall–Kier alpha value is -0.570. The number of nitrogens with one attached hydrogen (secondary N) is 1. The van der Waals surface area contributed by atoms with Gasteiger partial charge in [-0.3, -0.25) is 0 Å². The summed E-state index contributed by atoms with van der Waals surface area (Å²) >= 11 is 5.84. The van der Waals surface area contributed by atoms with Crippen molar-refractivity contribution in [3.63, 3.8) is 0 Å². The summed E-state index contributed by atoms with van der Waals surface area (Å²) in [6.07, 6.45) is 1.01. The molecule has 2 nitrogen and oxygen atoms in total. The molecule has 0 radical (unpaired) electrons. The Morgan fingerprint density at radius 1 is 1.19 bits per heavy atom. The molecule has 2 atom stereocenters. The zero-order chi connectivity index (χ0) is 12.0. The Morgan fingerprint density at radius 3 is 2.38 bits per heavy atom. The van der Waals surface area contributed by atoms with Crippen molar-refractivity contribution in [2.75, 3.05) is 13.7 Å². The van der Waals surface area contributed by atoms with E-state index < -0.39 is 0 Å². The maximum absolute atomic E-state index is 5.84. The van der Waals surface area contributed by atoms with Gasteiger partial charge < -0.3 is 10.1 Å². The zero-order valence-corrected chi connectivity index (χ0v) is 10.9. The molecule has 0 spiro atoms. The average Bonchev–Trinajstić information content (AvgIpc) is 2.21. The molecule has 0 aromatic heterocycles. The minimum Gasteiger partial charge on any atom is -0.383 e. The van der Waals surface area contributed by atoms with Crippen molar-refractivity contribution in [1.29, 1.82) is 0 Å². The van der Waals surface area contributed by atoms with Gasteiger partial charge in [-0.15, -0.1) is 0 Å². The number of benzene rings is 1. The lowest BCUT2D eigenvalue weighted by molar-refractivity contribution is 0.167. The number of ether oxygens (including phenoxy) is 1. The monoisotopic (exact) mass is 241 g/mol. The largest absolute Gasteiger partial charge is 0.383 e. The van der Waals surface area contributed by atoms with Crippen LogP contribution in [-0.2, 0) is 11.2 Å².